The summed E-state index contributed by atoms with van der Waals surface area (Å²) in [5.41, 5.74) is 9.08. The molecule has 0 unspecified atom stereocenters. The highest BCUT2D eigenvalue weighted by Gasteiger charge is 2.33. The quantitative estimate of drug-likeness (QED) is 0.781. The Morgan fingerprint density at radius 3 is 2.61 bits per heavy atom. The molecular formula is C16H20N6O. The highest BCUT2D eigenvalue weighted by molar-refractivity contribution is 5.98. The van der Waals surface area contributed by atoms with Crippen molar-refractivity contribution in [2.24, 2.45) is 0 Å². The number of nitrogen functional groups attached to an aromatic ring is 1. The van der Waals surface area contributed by atoms with Crippen molar-refractivity contribution < 1.29 is 4.52 Å². The van der Waals surface area contributed by atoms with Crippen molar-refractivity contribution in [3.8, 4) is 11.4 Å². The Labute approximate surface area is 133 Å². The third kappa shape index (κ3) is 2.10. The Morgan fingerprint density at radius 2 is 1.96 bits per heavy atom. The lowest BCUT2D eigenvalue weighted by Crippen LogP contribution is -2.23. The summed E-state index contributed by atoms with van der Waals surface area (Å²) in [6.07, 6.45) is 3.80. The minimum Gasteiger partial charge on any atom is -0.383 e. The summed E-state index contributed by atoms with van der Waals surface area (Å²) in [6.45, 7) is 8.26. The summed E-state index contributed by atoms with van der Waals surface area (Å²) >= 11 is 0. The Balaban J connectivity index is 2.00. The van der Waals surface area contributed by atoms with Crippen LogP contribution < -0.4 is 5.73 Å². The van der Waals surface area contributed by atoms with Crippen LogP contribution in [0.5, 0.6) is 0 Å². The maximum atomic E-state index is 6.12. The molecule has 4 rings (SSSR count). The topological polar surface area (TPSA) is 95.7 Å². The molecule has 7 heteroatoms. The maximum absolute atomic E-state index is 6.12. The predicted molar refractivity (Wildman–Crippen MR) is 86.9 cm³/mol. The van der Waals surface area contributed by atoms with Crippen LogP contribution in [0.15, 0.2) is 10.9 Å². The van der Waals surface area contributed by atoms with Gasteiger partial charge in [0.1, 0.15) is 29.3 Å². The number of nitrogens with zero attached hydrogens (tertiary/aromatic N) is 5. The summed E-state index contributed by atoms with van der Waals surface area (Å²) in [5.74, 6) is 1.88. The van der Waals surface area contributed by atoms with Gasteiger partial charge in [0.05, 0.1) is 10.9 Å². The molecule has 23 heavy (non-hydrogen) atoms. The third-order valence-corrected chi connectivity index (χ3v) is 4.26. The number of aromatic nitrogens is 5. The van der Waals surface area contributed by atoms with E-state index in [0.717, 1.165) is 40.9 Å². The number of hydrogen-bond acceptors (Lipinski definition) is 6. The summed E-state index contributed by atoms with van der Waals surface area (Å²) in [7, 11) is 0. The van der Waals surface area contributed by atoms with Crippen molar-refractivity contribution in [3.05, 3.63) is 17.7 Å². The van der Waals surface area contributed by atoms with Crippen LogP contribution in [0.3, 0.4) is 0 Å². The second-order valence-corrected chi connectivity index (χ2v) is 7.18. The lowest BCUT2D eigenvalue weighted by molar-refractivity contribution is 0.365. The van der Waals surface area contributed by atoms with Gasteiger partial charge in [-0.15, -0.1) is 0 Å². The number of rotatable bonds is 2. The molecule has 120 valence electrons. The van der Waals surface area contributed by atoms with Crippen LogP contribution in [0, 0.1) is 6.92 Å². The molecule has 0 aromatic carbocycles. The molecule has 1 fully saturated rings. The van der Waals surface area contributed by atoms with E-state index in [9.17, 15) is 0 Å². The van der Waals surface area contributed by atoms with Gasteiger partial charge in [-0.3, -0.25) is 0 Å². The normalized spacial score (nSPS) is 15.5. The first kappa shape index (κ1) is 14.2. The van der Waals surface area contributed by atoms with Gasteiger partial charge in [-0.05, 0) is 40.5 Å². The number of hydrogen-bond donors (Lipinski definition) is 1. The number of nitrogens with two attached hydrogens (primary N) is 1. The SMILES string of the molecule is Cc1c(-c2nn(C(C)(C)C)c3ncnc(N)c23)noc1C1CC1. The largest absolute Gasteiger partial charge is 0.383 e. The average molecular weight is 312 g/mol. The van der Waals surface area contributed by atoms with E-state index in [2.05, 4.69) is 35.9 Å². The molecule has 0 saturated heterocycles. The molecule has 2 N–H and O–H groups in total. The fraction of sp³-hybridized carbons (Fsp3) is 0.500. The highest BCUT2D eigenvalue weighted by Crippen LogP contribution is 2.44. The molecule has 0 bridgehead atoms. The molecular weight excluding hydrogens is 292 g/mol. The van der Waals surface area contributed by atoms with Crippen LogP contribution in [-0.2, 0) is 5.54 Å². The second-order valence-electron chi connectivity index (χ2n) is 7.18. The summed E-state index contributed by atoms with van der Waals surface area (Å²) < 4.78 is 7.45. The molecule has 0 amide bonds. The van der Waals surface area contributed by atoms with Crippen molar-refractivity contribution in [2.75, 3.05) is 5.73 Å². The molecule has 0 spiro atoms. The van der Waals surface area contributed by atoms with Crippen molar-refractivity contribution in [3.63, 3.8) is 0 Å². The maximum Gasteiger partial charge on any atom is 0.164 e. The van der Waals surface area contributed by atoms with E-state index in [-0.39, 0.29) is 5.54 Å². The Kier molecular flexibility index (Phi) is 2.79. The lowest BCUT2D eigenvalue weighted by atomic mass is 10.1. The second kappa shape index (κ2) is 4.53. The van der Waals surface area contributed by atoms with E-state index in [4.69, 9.17) is 15.4 Å². The number of anilines is 1. The van der Waals surface area contributed by atoms with Gasteiger partial charge in [-0.2, -0.15) is 5.10 Å². The van der Waals surface area contributed by atoms with Gasteiger partial charge in [0.25, 0.3) is 0 Å². The van der Waals surface area contributed by atoms with Gasteiger partial charge in [0.15, 0.2) is 5.65 Å². The van der Waals surface area contributed by atoms with Crippen LogP contribution in [-0.4, -0.2) is 24.9 Å². The van der Waals surface area contributed by atoms with Crippen LogP contribution >= 0.6 is 0 Å². The van der Waals surface area contributed by atoms with E-state index < -0.39 is 0 Å². The first-order chi connectivity index (χ1) is 10.9. The smallest absolute Gasteiger partial charge is 0.164 e. The molecule has 0 radical (unpaired) electrons. The monoisotopic (exact) mass is 312 g/mol. The lowest BCUT2D eigenvalue weighted by Gasteiger charge is -2.19. The minimum atomic E-state index is -0.228. The van der Waals surface area contributed by atoms with Crippen LogP contribution in [0.1, 0.15) is 50.9 Å². The molecule has 1 aliphatic carbocycles. The molecule has 3 aromatic heterocycles. The molecule has 0 aliphatic heterocycles. The van der Waals surface area contributed by atoms with Crippen LogP contribution in [0.2, 0.25) is 0 Å². The summed E-state index contributed by atoms with van der Waals surface area (Å²) in [5, 5.41) is 9.77. The third-order valence-electron chi connectivity index (χ3n) is 4.26. The molecule has 0 atom stereocenters. The summed E-state index contributed by atoms with van der Waals surface area (Å²) in [6, 6.07) is 0. The highest BCUT2D eigenvalue weighted by atomic mass is 16.5. The van der Waals surface area contributed by atoms with E-state index in [0.29, 0.717) is 17.4 Å². The first-order valence-electron chi connectivity index (χ1n) is 7.84. The summed E-state index contributed by atoms with van der Waals surface area (Å²) in [4.78, 5) is 8.52. The van der Waals surface area contributed by atoms with Gasteiger partial charge in [-0.1, -0.05) is 5.16 Å². The molecule has 1 saturated carbocycles. The standard InChI is InChI=1S/C16H20N6O/c1-8-11(21-23-13(8)9-5-6-9)12-10-14(17)18-7-19-15(10)22(20-12)16(2,3)4/h7,9H,5-6H2,1-4H3,(H2,17,18,19). The fourth-order valence-corrected chi connectivity index (χ4v) is 2.90. The van der Waals surface area contributed by atoms with Crippen molar-refractivity contribution in [1.29, 1.82) is 0 Å². The fourth-order valence-electron chi connectivity index (χ4n) is 2.90. The van der Waals surface area contributed by atoms with Gasteiger partial charge in [0.2, 0.25) is 0 Å². The van der Waals surface area contributed by atoms with Crippen molar-refractivity contribution in [1.82, 2.24) is 24.9 Å². The zero-order valence-electron chi connectivity index (χ0n) is 13.8. The van der Waals surface area contributed by atoms with E-state index in [1.54, 1.807) is 0 Å². The molecule has 1 aliphatic rings. The van der Waals surface area contributed by atoms with Crippen molar-refractivity contribution >= 4 is 16.9 Å². The Bertz CT molecular complexity index is 897. The van der Waals surface area contributed by atoms with Crippen LogP contribution in [0.25, 0.3) is 22.4 Å². The minimum absolute atomic E-state index is 0.228. The molecule has 3 heterocycles. The van der Waals surface area contributed by atoms with Crippen LogP contribution in [0.4, 0.5) is 5.82 Å². The van der Waals surface area contributed by atoms with E-state index >= 15 is 0 Å². The Hall–Kier alpha value is -2.44. The van der Waals surface area contributed by atoms with E-state index in [1.807, 2.05) is 11.6 Å². The predicted octanol–water partition coefficient (Wildman–Crippen LogP) is 3.00. The number of fused-ring (bicyclic) bond motifs is 1. The Morgan fingerprint density at radius 1 is 1.22 bits per heavy atom. The average Bonchev–Trinajstić information content (AvgIpc) is 3.12. The van der Waals surface area contributed by atoms with Gasteiger partial charge in [-0.25, -0.2) is 14.6 Å². The zero-order valence-corrected chi connectivity index (χ0v) is 13.8. The zero-order chi connectivity index (χ0) is 16.4. The molecule has 3 aromatic rings. The first-order valence-corrected chi connectivity index (χ1v) is 7.84. The van der Waals surface area contributed by atoms with Gasteiger partial charge in [0, 0.05) is 11.5 Å². The van der Waals surface area contributed by atoms with E-state index in [1.165, 1.54) is 6.33 Å². The van der Waals surface area contributed by atoms with Gasteiger partial charge < -0.3 is 10.3 Å². The van der Waals surface area contributed by atoms with Gasteiger partial charge >= 0.3 is 0 Å². The van der Waals surface area contributed by atoms with Crippen molar-refractivity contribution in [2.45, 2.75) is 52.0 Å². The molecule has 7 nitrogen and oxygen atoms in total.